The fourth-order valence-electron chi connectivity index (χ4n) is 3.89. The van der Waals surface area contributed by atoms with Crippen molar-refractivity contribution in [1.29, 1.82) is 0 Å². The van der Waals surface area contributed by atoms with Crippen LogP contribution in [0.1, 0.15) is 27.9 Å². The molecule has 3 aromatic carbocycles. The molecule has 0 bridgehead atoms. The molecule has 1 aliphatic rings. The number of fused-ring (bicyclic) bond motifs is 1. The Hall–Kier alpha value is -3.52. The number of nitrogens with one attached hydrogen (secondary N) is 1. The molecule has 1 amide bonds. The van der Waals surface area contributed by atoms with Crippen molar-refractivity contribution < 1.29 is 22.7 Å². The van der Waals surface area contributed by atoms with Gasteiger partial charge in [-0.05, 0) is 67.8 Å². The van der Waals surface area contributed by atoms with E-state index in [-0.39, 0.29) is 10.8 Å². The molecule has 0 aliphatic carbocycles. The van der Waals surface area contributed by atoms with Crippen molar-refractivity contribution in [2.24, 2.45) is 0 Å². The summed E-state index contributed by atoms with van der Waals surface area (Å²) >= 11 is 0. The van der Waals surface area contributed by atoms with Gasteiger partial charge in [0.15, 0.2) is 11.5 Å². The fraction of sp³-hybridized carbons (Fsp3) is 0.240. The van der Waals surface area contributed by atoms with Gasteiger partial charge in [0, 0.05) is 17.8 Å². The third kappa shape index (κ3) is 4.52. The molecule has 3 aromatic rings. The van der Waals surface area contributed by atoms with Gasteiger partial charge in [0.2, 0.25) is 0 Å². The van der Waals surface area contributed by atoms with Crippen LogP contribution in [-0.2, 0) is 16.4 Å². The number of aryl methyl sites for hydroxylation is 2. The van der Waals surface area contributed by atoms with Crippen molar-refractivity contribution in [1.82, 2.24) is 0 Å². The first-order valence-corrected chi connectivity index (χ1v) is 12.0. The highest BCUT2D eigenvalue weighted by Crippen LogP contribution is 2.34. The van der Waals surface area contributed by atoms with Gasteiger partial charge in [0.05, 0.1) is 24.8 Å². The highest BCUT2D eigenvalue weighted by molar-refractivity contribution is 7.92. The molecule has 0 atom stereocenters. The second-order valence-electron chi connectivity index (χ2n) is 7.86. The number of methoxy groups -OCH3 is 2. The molecule has 33 heavy (non-hydrogen) atoms. The summed E-state index contributed by atoms with van der Waals surface area (Å²) in [7, 11) is -0.681. The number of benzene rings is 3. The zero-order valence-corrected chi connectivity index (χ0v) is 19.6. The lowest BCUT2D eigenvalue weighted by Gasteiger charge is -2.31. The summed E-state index contributed by atoms with van der Waals surface area (Å²) in [5.41, 5.74) is 3.43. The lowest BCUT2D eigenvalue weighted by Crippen LogP contribution is -2.35. The van der Waals surface area contributed by atoms with Gasteiger partial charge in [0.1, 0.15) is 0 Å². The van der Waals surface area contributed by atoms with Crippen molar-refractivity contribution in [3.63, 3.8) is 0 Å². The number of carbonyl (C=O) groups is 1. The average molecular weight is 467 g/mol. The van der Waals surface area contributed by atoms with Crippen LogP contribution < -0.4 is 19.1 Å². The summed E-state index contributed by atoms with van der Waals surface area (Å²) in [4.78, 5) is 13.1. The summed E-state index contributed by atoms with van der Waals surface area (Å²) in [6, 6.07) is 17.1. The predicted octanol–water partition coefficient (Wildman–Crippen LogP) is 4.41. The molecule has 1 aliphatic heterocycles. The van der Waals surface area contributed by atoms with Gasteiger partial charge in [-0.3, -0.25) is 9.10 Å². The first-order valence-electron chi connectivity index (χ1n) is 10.6. The number of carbonyl (C=O) groups excluding carboxylic acids is 1. The minimum absolute atomic E-state index is 0.251. The Labute approximate surface area is 194 Å². The number of anilines is 2. The molecule has 0 radical (unpaired) electrons. The van der Waals surface area contributed by atoms with Crippen LogP contribution >= 0.6 is 0 Å². The van der Waals surface area contributed by atoms with Gasteiger partial charge in [-0.15, -0.1) is 0 Å². The van der Waals surface area contributed by atoms with Crippen molar-refractivity contribution in [3.05, 3.63) is 77.4 Å². The van der Waals surface area contributed by atoms with Crippen molar-refractivity contribution in [2.45, 2.75) is 24.7 Å². The van der Waals surface area contributed by atoms with E-state index in [1.54, 1.807) is 54.6 Å². The maximum absolute atomic E-state index is 13.4. The second kappa shape index (κ2) is 9.15. The van der Waals surface area contributed by atoms with Crippen LogP contribution in [0.3, 0.4) is 0 Å². The fourth-order valence-corrected chi connectivity index (χ4v) is 5.42. The Morgan fingerprint density at radius 1 is 0.939 bits per heavy atom. The number of hydrogen-bond acceptors (Lipinski definition) is 5. The summed E-state index contributed by atoms with van der Waals surface area (Å²) in [6.07, 6.45) is 1.51. The van der Waals surface area contributed by atoms with Crippen molar-refractivity contribution in [2.75, 3.05) is 30.4 Å². The first kappa shape index (κ1) is 22.7. The number of amides is 1. The van der Waals surface area contributed by atoms with E-state index in [0.29, 0.717) is 35.0 Å². The van der Waals surface area contributed by atoms with Gasteiger partial charge in [-0.1, -0.05) is 23.8 Å². The molecule has 0 spiro atoms. The molecule has 8 heteroatoms. The monoisotopic (exact) mass is 466 g/mol. The molecular weight excluding hydrogens is 440 g/mol. The highest BCUT2D eigenvalue weighted by atomic mass is 32.2. The average Bonchev–Trinajstić information content (AvgIpc) is 2.83. The number of sulfonamides is 1. The standard InChI is InChI=1S/C25H26N2O5S/c1-17-6-11-21(12-7-17)33(29,30)27-14-4-5-18-8-10-20(16-22(18)27)26-25(28)19-9-13-23(31-2)24(15-19)32-3/h6-13,15-16H,4-5,14H2,1-3H3,(H,26,28). The summed E-state index contributed by atoms with van der Waals surface area (Å²) < 4.78 is 38.6. The number of nitrogens with zero attached hydrogens (tertiary/aromatic N) is 1. The molecule has 172 valence electrons. The van der Waals surface area contributed by atoms with E-state index < -0.39 is 10.0 Å². The molecule has 0 aromatic heterocycles. The molecule has 4 rings (SSSR count). The van der Waals surface area contributed by atoms with Crippen LogP contribution in [0, 0.1) is 6.92 Å². The summed E-state index contributed by atoms with van der Waals surface area (Å²) in [6.45, 7) is 2.30. The smallest absolute Gasteiger partial charge is 0.264 e. The van der Waals surface area contributed by atoms with Crippen molar-refractivity contribution >= 4 is 27.3 Å². The Morgan fingerprint density at radius 3 is 2.36 bits per heavy atom. The van der Waals surface area contributed by atoms with E-state index in [0.717, 1.165) is 24.0 Å². The van der Waals surface area contributed by atoms with Gasteiger partial charge < -0.3 is 14.8 Å². The predicted molar refractivity (Wildman–Crippen MR) is 128 cm³/mol. The molecular formula is C25H26N2O5S. The largest absolute Gasteiger partial charge is 0.493 e. The number of ether oxygens (including phenoxy) is 2. The van der Waals surface area contributed by atoms with Crippen LogP contribution in [-0.4, -0.2) is 35.1 Å². The van der Waals surface area contributed by atoms with Crippen LogP contribution in [0.5, 0.6) is 11.5 Å². The van der Waals surface area contributed by atoms with E-state index in [1.807, 2.05) is 13.0 Å². The van der Waals surface area contributed by atoms with Crippen LogP contribution in [0.15, 0.2) is 65.6 Å². The number of rotatable bonds is 6. The van der Waals surface area contributed by atoms with Crippen LogP contribution in [0.2, 0.25) is 0 Å². The lowest BCUT2D eigenvalue weighted by molar-refractivity contribution is 0.102. The summed E-state index contributed by atoms with van der Waals surface area (Å²) in [5.74, 6) is 0.644. The SMILES string of the molecule is COc1ccc(C(=O)Nc2ccc3c(c2)N(S(=O)(=O)c2ccc(C)cc2)CCC3)cc1OC. The van der Waals surface area contributed by atoms with Gasteiger partial charge in [0.25, 0.3) is 15.9 Å². The maximum Gasteiger partial charge on any atom is 0.264 e. The quantitative estimate of drug-likeness (QED) is 0.582. The van der Waals surface area contributed by atoms with E-state index in [9.17, 15) is 13.2 Å². The first-order chi connectivity index (χ1) is 15.8. The van der Waals surface area contributed by atoms with Crippen LogP contribution in [0.4, 0.5) is 11.4 Å². The van der Waals surface area contributed by atoms with Crippen molar-refractivity contribution in [3.8, 4) is 11.5 Å². The third-order valence-corrected chi connectivity index (χ3v) is 7.50. The van der Waals surface area contributed by atoms with Gasteiger partial charge in [-0.2, -0.15) is 0 Å². The zero-order valence-electron chi connectivity index (χ0n) is 18.8. The van der Waals surface area contributed by atoms with E-state index >= 15 is 0 Å². The lowest BCUT2D eigenvalue weighted by atomic mass is 10.0. The minimum atomic E-state index is -3.72. The molecule has 1 N–H and O–H groups in total. The maximum atomic E-state index is 13.4. The van der Waals surface area contributed by atoms with Gasteiger partial charge >= 0.3 is 0 Å². The molecule has 0 fully saturated rings. The van der Waals surface area contributed by atoms with Gasteiger partial charge in [-0.25, -0.2) is 8.42 Å². The van der Waals surface area contributed by atoms with E-state index in [4.69, 9.17) is 9.47 Å². The van der Waals surface area contributed by atoms with E-state index in [1.165, 1.54) is 18.5 Å². The Bertz CT molecular complexity index is 1290. The molecule has 0 saturated heterocycles. The van der Waals surface area contributed by atoms with E-state index in [2.05, 4.69) is 5.32 Å². The zero-order chi connectivity index (χ0) is 23.6. The van der Waals surface area contributed by atoms with Crippen LogP contribution in [0.25, 0.3) is 0 Å². The molecule has 1 heterocycles. The molecule has 7 nitrogen and oxygen atoms in total. The molecule has 0 unspecified atom stereocenters. The minimum Gasteiger partial charge on any atom is -0.493 e. The normalized spacial score (nSPS) is 13.2. The Morgan fingerprint density at radius 2 is 1.67 bits per heavy atom. The Balaban J connectivity index is 1.63. The molecule has 0 saturated carbocycles. The third-order valence-electron chi connectivity index (χ3n) is 5.67. The second-order valence-corrected chi connectivity index (χ2v) is 9.72. The summed E-state index contributed by atoms with van der Waals surface area (Å²) in [5, 5.41) is 2.86. The highest BCUT2D eigenvalue weighted by Gasteiger charge is 2.29. The topological polar surface area (TPSA) is 84.9 Å². The Kier molecular flexibility index (Phi) is 6.29. The number of hydrogen-bond donors (Lipinski definition) is 1.